The summed E-state index contributed by atoms with van der Waals surface area (Å²) in [4.78, 5) is 0. The number of halogens is 2. The smallest absolute Gasteiger partial charge is 0.263 e. The number of aliphatic hydroxyl groups excluding tert-OH is 1. The average Bonchev–Trinajstić information content (AvgIpc) is 2.38. The Morgan fingerprint density at radius 1 is 1.06 bits per heavy atom. The summed E-state index contributed by atoms with van der Waals surface area (Å²) >= 11 is 0. The van der Waals surface area contributed by atoms with Crippen molar-refractivity contribution in [3.05, 3.63) is 35.4 Å². The van der Waals surface area contributed by atoms with E-state index in [-0.39, 0.29) is 5.56 Å². The fourth-order valence-electron chi connectivity index (χ4n) is 2.01. The van der Waals surface area contributed by atoms with Crippen LogP contribution in [0.2, 0.25) is 0 Å². The molecule has 1 unspecified atom stereocenters. The van der Waals surface area contributed by atoms with Crippen molar-refractivity contribution in [2.24, 2.45) is 0 Å². The third-order valence-electron chi connectivity index (χ3n) is 3.13. The molecule has 0 fully saturated rings. The van der Waals surface area contributed by atoms with E-state index in [1.54, 1.807) is 12.1 Å². The molecule has 1 rings (SSSR count). The van der Waals surface area contributed by atoms with Crippen molar-refractivity contribution in [2.75, 3.05) is 0 Å². The van der Waals surface area contributed by atoms with E-state index in [4.69, 9.17) is 0 Å². The lowest BCUT2D eigenvalue weighted by atomic mass is 10.0. The Hall–Kier alpha value is -0.960. The van der Waals surface area contributed by atoms with Gasteiger partial charge in [-0.1, -0.05) is 57.2 Å². The molecule has 1 atom stereocenters. The minimum absolute atomic E-state index is 0.0162. The summed E-state index contributed by atoms with van der Waals surface area (Å²) in [6, 6.07) is 6.09. The van der Waals surface area contributed by atoms with Crippen LogP contribution >= 0.6 is 0 Å². The first-order valence-corrected chi connectivity index (χ1v) is 6.71. The van der Waals surface area contributed by atoms with Crippen molar-refractivity contribution in [2.45, 2.75) is 58.0 Å². The molecule has 0 spiro atoms. The van der Waals surface area contributed by atoms with Crippen molar-refractivity contribution in [1.82, 2.24) is 0 Å². The predicted molar refractivity (Wildman–Crippen MR) is 69.7 cm³/mol. The normalized spacial score (nSPS) is 12.9. The molecule has 0 radical (unpaired) electrons. The van der Waals surface area contributed by atoms with E-state index in [1.165, 1.54) is 31.4 Å². The van der Waals surface area contributed by atoms with Gasteiger partial charge in [-0.25, -0.2) is 8.78 Å². The lowest BCUT2D eigenvalue weighted by Gasteiger charge is -2.12. The summed E-state index contributed by atoms with van der Waals surface area (Å²) < 4.78 is 25.0. The highest BCUT2D eigenvalue weighted by Crippen LogP contribution is 2.25. The SMILES string of the molecule is CCCCCCCC(O)c1cccc(C(F)F)c1. The van der Waals surface area contributed by atoms with Gasteiger partial charge in [0.25, 0.3) is 6.43 Å². The summed E-state index contributed by atoms with van der Waals surface area (Å²) in [6.07, 6.45) is 3.19. The van der Waals surface area contributed by atoms with Crippen molar-refractivity contribution in [1.29, 1.82) is 0 Å². The van der Waals surface area contributed by atoms with Crippen LogP contribution < -0.4 is 0 Å². The van der Waals surface area contributed by atoms with E-state index >= 15 is 0 Å². The van der Waals surface area contributed by atoms with Crippen molar-refractivity contribution in [3.63, 3.8) is 0 Å². The first-order valence-electron chi connectivity index (χ1n) is 6.71. The van der Waals surface area contributed by atoms with Crippen LogP contribution in [-0.2, 0) is 0 Å². The number of hydrogen-bond donors (Lipinski definition) is 1. The summed E-state index contributed by atoms with van der Waals surface area (Å²) in [5.41, 5.74) is 0.584. The molecular weight excluding hydrogens is 234 g/mol. The highest BCUT2D eigenvalue weighted by molar-refractivity contribution is 5.25. The van der Waals surface area contributed by atoms with E-state index in [9.17, 15) is 13.9 Å². The second-order valence-corrected chi connectivity index (χ2v) is 4.69. The number of unbranched alkanes of at least 4 members (excludes halogenated alkanes) is 4. The van der Waals surface area contributed by atoms with Gasteiger partial charge in [-0.15, -0.1) is 0 Å². The number of benzene rings is 1. The van der Waals surface area contributed by atoms with Crippen LogP contribution in [0.1, 0.15) is 69.1 Å². The third kappa shape index (κ3) is 5.13. The fraction of sp³-hybridized carbons (Fsp3) is 0.600. The lowest BCUT2D eigenvalue weighted by molar-refractivity contribution is 0.148. The van der Waals surface area contributed by atoms with Crippen molar-refractivity contribution in [3.8, 4) is 0 Å². The van der Waals surface area contributed by atoms with Crippen LogP contribution in [-0.4, -0.2) is 5.11 Å². The van der Waals surface area contributed by atoms with E-state index in [1.807, 2.05) is 0 Å². The summed E-state index contributed by atoms with van der Waals surface area (Å²) in [5.74, 6) is 0. The molecule has 102 valence electrons. The summed E-state index contributed by atoms with van der Waals surface area (Å²) in [7, 11) is 0. The predicted octanol–water partition coefficient (Wildman–Crippen LogP) is 5.02. The van der Waals surface area contributed by atoms with E-state index in [0.717, 1.165) is 12.8 Å². The average molecular weight is 256 g/mol. The number of rotatable bonds is 8. The maximum Gasteiger partial charge on any atom is 0.263 e. The van der Waals surface area contributed by atoms with Gasteiger partial charge in [0.1, 0.15) is 0 Å². The molecule has 0 aromatic heterocycles. The molecule has 0 aliphatic carbocycles. The monoisotopic (exact) mass is 256 g/mol. The summed E-state index contributed by atoms with van der Waals surface area (Å²) in [6.45, 7) is 2.16. The van der Waals surface area contributed by atoms with Gasteiger partial charge in [-0.3, -0.25) is 0 Å². The minimum Gasteiger partial charge on any atom is -0.388 e. The standard InChI is InChI=1S/C15H22F2O/c1-2-3-4-5-6-10-14(18)12-8-7-9-13(11-12)15(16)17/h7-9,11,14-15,18H,2-6,10H2,1H3. The zero-order valence-corrected chi connectivity index (χ0v) is 10.9. The second-order valence-electron chi connectivity index (χ2n) is 4.69. The molecule has 1 N–H and O–H groups in total. The maximum absolute atomic E-state index is 12.5. The van der Waals surface area contributed by atoms with Gasteiger partial charge in [0.2, 0.25) is 0 Å². The third-order valence-corrected chi connectivity index (χ3v) is 3.13. The highest BCUT2D eigenvalue weighted by atomic mass is 19.3. The Bertz CT molecular complexity index is 339. The molecule has 3 heteroatoms. The molecule has 0 heterocycles. The molecule has 0 aliphatic heterocycles. The maximum atomic E-state index is 12.5. The number of aliphatic hydroxyl groups is 1. The molecule has 1 aromatic rings. The first-order chi connectivity index (χ1) is 8.65. The zero-order valence-electron chi connectivity index (χ0n) is 10.9. The van der Waals surface area contributed by atoms with Crippen molar-refractivity contribution < 1.29 is 13.9 Å². The molecule has 18 heavy (non-hydrogen) atoms. The molecular formula is C15H22F2O. The van der Waals surface area contributed by atoms with Gasteiger partial charge in [0, 0.05) is 5.56 Å². The minimum atomic E-state index is -2.47. The van der Waals surface area contributed by atoms with Gasteiger partial charge in [0.15, 0.2) is 0 Å². The number of hydrogen-bond acceptors (Lipinski definition) is 1. The largest absolute Gasteiger partial charge is 0.388 e. The Labute approximate surface area is 108 Å². The van der Waals surface area contributed by atoms with Crippen LogP contribution in [0.5, 0.6) is 0 Å². The van der Waals surface area contributed by atoms with Crippen LogP contribution in [0.25, 0.3) is 0 Å². The van der Waals surface area contributed by atoms with Gasteiger partial charge in [-0.05, 0) is 18.1 Å². The summed E-state index contributed by atoms with van der Waals surface area (Å²) in [5, 5.41) is 9.94. The quantitative estimate of drug-likeness (QED) is 0.648. The molecule has 0 aliphatic rings. The Morgan fingerprint density at radius 2 is 1.72 bits per heavy atom. The van der Waals surface area contributed by atoms with Crippen LogP contribution in [0.15, 0.2) is 24.3 Å². The lowest BCUT2D eigenvalue weighted by Crippen LogP contribution is -1.98. The van der Waals surface area contributed by atoms with E-state index in [0.29, 0.717) is 12.0 Å². The Morgan fingerprint density at radius 3 is 2.39 bits per heavy atom. The van der Waals surface area contributed by atoms with E-state index < -0.39 is 12.5 Å². The topological polar surface area (TPSA) is 20.2 Å². The van der Waals surface area contributed by atoms with Crippen LogP contribution in [0.4, 0.5) is 8.78 Å². The van der Waals surface area contributed by atoms with Gasteiger partial charge in [-0.2, -0.15) is 0 Å². The Kier molecular flexibility index (Phi) is 6.88. The first kappa shape index (κ1) is 15.1. The fourth-order valence-corrected chi connectivity index (χ4v) is 2.01. The van der Waals surface area contributed by atoms with E-state index in [2.05, 4.69) is 6.92 Å². The molecule has 0 saturated heterocycles. The molecule has 0 bridgehead atoms. The second kappa shape index (κ2) is 8.20. The molecule has 1 aromatic carbocycles. The van der Waals surface area contributed by atoms with Gasteiger partial charge < -0.3 is 5.11 Å². The highest BCUT2D eigenvalue weighted by Gasteiger charge is 2.11. The van der Waals surface area contributed by atoms with Crippen LogP contribution in [0, 0.1) is 0 Å². The molecule has 0 saturated carbocycles. The van der Waals surface area contributed by atoms with Gasteiger partial charge >= 0.3 is 0 Å². The van der Waals surface area contributed by atoms with Crippen LogP contribution in [0.3, 0.4) is 0 Å². The zero-order chi connectivity index (χ0) is 13.4. The molecule has 1 nitrogen and oxygen atoms in total. The van der Waals surface area contributed by atoms with Gasteiger partial charge in [0.05, 0.1) is 6.10 Å². The Balaban J connectivity index is 2.41. The molecule has 0 amide bonds. The number of alkyl halides is 2. The van der Waals surface area contributed by atoms with Crippen molar-refractivity contribution >= 4 is 0 Å².